The first-order valence-electron chi connectivity index (χ1n) is 2.11. The first-order chi connectivity index (χ1) is 4.21. The Morgan fingerprint density at radius 3 is 1.18 bits per heavy atom. The van der Waals surface area contributed by atoms with E-state index in [1.165, 1.54) is 0 Å². The number of hydrogen-bond acceptors (Lipinski definition) is 4. The summed E-state index contributed by atoms with van der Waals surface area (Å²) in [5.41, 5.74) is 0. The van der Waals surface area contributed by atoms with Crippen molar-refractivity contribution in [1.82, 2.24) is 0 Å². The Balaban J connectivity index is -0.000000135. The van der Waals surface area contributed by atoms with Crippen molar-refractivity contribution >= 4 is 65.7 Å². The van der Waals surface area contributed by atoms with Crippen LogP contribution in [0.3, 0.4) is 0 Å². The summed E-state index contributed by atoms with van der Waals surface area (Å²) in [7, 11) is -8.59. The molecule has 9 heteroatoms. The molecule has 0 amide bonds. The summed E-state index contributed by atoms with van der Waals surface area (Å²) >= 11 is 0. The molecule has 0 unspecified atom stereocenters. The zero-order valence-corrected chi connectivity index (χ0v) is 10.6. The Morgan fingerprint density at radius 2 is 1.09 bits per heavy atom. The molecule has 0 fully saturated rings. The molecule has 0 aliphatic rings. The molecule has 0 aromatic rings. The Hall–Kier alpha value is 1.30. The van der Waals surface area contributed by atoms with E-state index in [9.17, 15) is 16.8 Å². The summed E-state index contributed by atoms with van der Waals surface area (Å²) in [5.74, 6) is -1.96. The monoisotopic (exact) mass is 280 g/mol. The topological polar surface area (TPSA) is 109 Å². The summed E-state index contributed by atoms with van der Waals surface area (Å²) in [4.78, 5) is 0. The third-order valence-electron chi connectivity index (χ3n) is 0.599. The maximum Gasteiger partial charge on any atom is 2.00 e. The van der Waals surface area contributed by atoms with Crippen molar-refractivity contribution in [3.8, 4) is 0 Å². The van der Waals surface area contributed by atoms with Gasteiger partial charge in [-0.2, -0.15) is 16.8 Å². The van der Waals surface area contributed by atoms with Crippen LogP contribution in [-0.2, 0) is 20.2 Å². The van der Waals surface area contributed by atoms with Gasteiger partial charge in [-0.25, -0.2) is 0 Å². The average Bonchev–Trinajstić information content (AvgIpc) is 1.57. The second-order valence-electron chi connectivity index (χ2n) is 1.57. The number of rotatable bonds is 3. The predicted octanol–water partition coefficient (Wildman–Crippen LogP) is -1.39. The van der Waals surface area contributed by atoms with Gasteiger partial charge in [0.25, 0.3) is 20.2 Å². The molecule has 66 valence electrons. The van der Waals surface area contributed by atoms with Gasteiger partial charge in [-0.05, 0) is 0 Å². The summed E-state index contributed by atoms with van der Waals surface area (Å²) < 4.78 is 55.4. The van der Waals surface area contributed by atoms with Crippen LogP contribution in [0.2, 0.25) is 0 Å². The van der Waals surface area contributed by atoms with Crippen LogP contribution in [-0.4, -0.2) is 82.9 Å². The molecular formula is C2H8O6S2Sr. The third kappa shape index (κ3) is 14.2. The molecule has 0 bridgehead atoms. The first-order valence-corrected chi connectivity index (χ1v) is 5.33. The van der Waals surface area contributed by atoms with Crippen LogP contribution in [0.15, 0.2) is 0 Å². The van der Waals surface area contributed by atoms with Gasteiger partial charge in [0.1, 0.15) is 0 Å². The average molecular weight is 280 g/mol. The molecule has 11 heavy (non-hydrogen) atoms. The Labute approximate surface area is 105 Å². The second kappa shape index (κ2) is 5.12. The normalized spacial score (nSPS) is 12.2. The third-order valence-corrected chi connectivity index (χ3v) is 2.30. The maximum absolute atomic E-state index is 9.86. The van der Waals surface area contributed by atoms with Crippen molar-refractivity contribution in [2.24, 2.45) is 0 Å². The quantitative estimate of drug-likeness (QED) is 0.486. The largest absolute Gasteiger partial charge is 2.00 e. The van der Waals surface area contributed by atoms with Gasteiger partial charge < -0.3 is 2.85 Å². The Morgan fingerprint density at radius 1 is 0.909 bits per heavy atom. The molecule has 0 aromatic carbocycles. The summed E-state index contributed by atoms with van der Waals surface area (Å²) in [6, 6.07) is 0. The molecule has 6 nitrogen and oxygen atoms in total. The van der Waals surface area contributed by atoms with Crippen molar-refractivity contribution in [2.75, 3.05) is 11.5 Å². The molecule has 0 spiro atoms. The molecule has 2 N–H and O–H groups in total. The minimum atomic E-state index is -4.30. The van der Waals surface area contributed by atoms with E-state index in [4.69, 9.17) is 9.11 Å². The van der Waals surface area contributed by atoms with Gasteiger partial charge in [0, 0.05) is 0 Å². The van der Waals surface area contributed by atoms with Crippen molar-refractivity contribution in [2.45, 2.75) is 0 Å². The van der Waals surface area contributed by atoms with Gasteiger partial charge in [0.2, 0.25) is 0 Å². The van der Waals surface area contributed by atoms with E-state index in [0.29, 0.717) is 0 Å². The van der Waals surface area contributed by atoms with E-state index in [1.807, 2.05) is 0 Å². The minimum Gasteiger partial charge on any atom is -1.00 e. The van der Waals surface area contributed by atoms with Crippen molar-refractivity contribution in [1.29, 1.82) is 0 Å². The molecule has 0 saturated carbocycles. The first kappa shape index (κ1) is 14.8. The second-order valence-corrected chi connectivity index (χ2v) is 4.72. The molecule has 0 aliphatic heterocycles. The van der Waals surface area contributed by atoms with Crippen molar-refractivity contribution in [3.05, 3.63) is 0 Å². The molecule has 0 rings (SSSR count). The van der Waals surface area contributed by atoms with Crippen LogP contribution in [0.1, 0.15) is 2.85 Å². The Kier molecular flexibility index (Phi) is 6.89. The van der Waals surface area contributed by atoms with Crippen molar-refractivity contribution in [3.63, 3.8) is 0 Å². The summed E-state index contributed by atoms with van der Waals surface area (Å²) in [6.07, 6.45) is 0. The number of hydrogen-bond donors (Lipinski definition) is 2. The van der Waals surface area contributed by atoms with Crippen LogP contribution >= 0.6 is 0 Å². The van der Waals surface area contributed by atoms with E-state index in [1.54, 1.807) is 0 Å². The predicted molar refractivity (Wildman–Crippen MR) is 40.8 cm³/mol. The molecule has 0 atom stereocenters. The fourth-order valence-corrected chi connectivity index (χ4v) is 1.90. The molecule has 0 aliphatic carbocycles. The van der Waals surface area contributed by atoms with Crippen molar-refractivity contribution < 1.29 is 28.8 Å². The van der Waals surface area contributed by atoms with Gasteiger partial charge in [-0.15, -0.1) is 0 Å². The molecule has 0 radical (unpaired) electrons. The van der Waals surface area contributed by atoms with E-state index >= 15 is 0 Å². The minimum absolute atomic E-state index is 0. The SMILES string of the molecule is O=S(=O)(O)CCS(=O)(=O)O.[H-].[H-].[Sr+2]. The van der Waals surface area contributed by atoms with E-state index in [-0.39, 0.29) is 48.3 Å². The van der Waals surface area contributed by atoms with Gasteiger partial charge >= 0.3 is 45.5 Å². The van der Waals surface area contributed by atoms with Gasteiger partial charge in [0.05, 0.1) is 11.5 Å². The molecule has 0 aromatic heterocycles. The van der Waals surface area contributed by atoms with Crippen LogP contribution in [0.5, 0.6) is 0 Å². The summed E-state index contributed by atoms with van der Waals surface area (Å²) in [5, 5.41) is 0. The zero-order valence-electron chi connectivity index (χ0n) is 7.47. The van der Waals surface area contributed by atoms with E-state index in [2.05, 4.69) is 0 Å². The van der Waals surface area contributed by atoms with E-state index < -0.39 is 31.7 Å². The zero-order chi connectivity index (χ0) is 8.41. The fraction of sp³-hybridized carbons (Fsp3) is 1.00. The molecule has 0 saturated heterocycles. The smallest absolute Gasteiger partial charge is 1.00 e. The van der Waals surface area contributed by atoms with Crippen LogP contribution in [0.25, 0.3) is 0 Å². The molecule has 0 heterocycles. The maximum atomic E-state index is 9.86. The van der Waals surface area contributed by atoms with Crippen LogP contribution in [0, 0.1) is 0 Å². The molecular weight excluding hydrogens is 272 g/mol. The van der Waals surface area contributed by atoms with Gasteiger partial charge in [-0.1, -0.05) is 0 Å². The van der Waals surface area contributed by atoms with Crippen LogP contribution < -0.4 is 0 Å². The summed E-state index contributed by atoms with van der Waals surface area (Å²) in [6.45, 7) is 0. The van der Waals surface area contributed by atoms with E-state index in [0.717, 1.165) is 0 Å². The van der Waals surface area contributed by atoms with Crippen LogP contribution in [0.4, 0.5) is 0 Å². The Bertz CT molecular complexity index is 263. The standard InChI is InChI=1S/C2H6O6S2.Sr.2H/c3-9(4,5)1-2-10(6,7)8;;;/h1-2H2,(H,3,4,5)(H,6,7,8);;;/q;+2;2*-1. The van der Waals surface area contributed by atoms with Gasteiger partial charge in [-0.3, -0.25) is 9.11 Å². The van der Waals surface area contributed by atoms with Gasteiger partial charge in [0.15, 0.2) is 0 Å². The fourth-order valence-electron chi connectivity index (χ4n) is 0.211.